The number of nitrogens with zero attached hydrogens (tertiary/aromatic N) is 4. The molecule has 3 aromatic rings. The first kappa shape index (κ1) is 16.6. The molecule has 6 nitrogen and oxygen atoms in total. The van der Waals surface area contributed by atoms with Gasteiger partial charge in [-0.05, 0) is 36.4 Å². The highest BCUT2D eigenvalue weighted by molar-refractivity contribution is 5.85. The van der Waals surface area contributed by atoms with E-state index in [9.17, 15) is 22.4 Å². The molecule has 0 spiro atoms. The number of carboxylic acid groups (broad SMARTS) is 1. The summed E-state index contributed by atoms with van der Waals surface area (Å²) in [6, 6.07) is 6.53. The van der Waals surface area contributed by atoms with Gasteiger partial charge in [0.2, 0.25) is 0 Å². The van der Waals surface area contributed by atoms with Crippen LogP contribution in [-0.4, -0.2) is 30.8 Å². The molecule has 0 atom stereocenters. The normalized spacial score (nSPS) is 11.5. The van der Waals surface area contributed by atoms with Gasteiger partial charge in [0.05, 0.1) is 5.69 Å². The Kier molecular flexibility index (Phi) is 3.95. The average molecular weight is 352 g/mol. The minimum Gasteiger partial charge on any atom is -0.476 e. The van der Waals surface area contributed by atoms with E-state index in [1.807, 2.05) is 0 Å². The van der Waals surface area contributed by atoms with E-state index in [-0.39, 0.29) is 17.0 Å². The van der Waals surface area contributed by atoms with Crippen LogP contribution in [0.15, 0.2) is 42.6 Å². The highest BCUT2D eigenvalue weighted by atomic mass is 19.4. The molecule has 2 aromatic heterocycles. The molecule has 10 heteroatoms. The summed E-state index contributed by atoms with van der Waals surface area (Å²) in [5.74, 6) is -2.35. The highest BCUT2D eigenvalue weighted by Crippen LogP contribution is 2.30. The first-order chi connectivity index (χ1) is 11.7. The van der Waals surface area contributed by atoms with E-state index in [0.717, 1.165) is 35.1 Å². The quantitative estimate of drug-likeness (QED) is 0.732. The SMILES string of the molecule is O=C(O)c1ccn(-c2nc(-c3ccc(F)cc3)cc(C(F)(F)F)n2)n1. The maximum Gasteiger partial charge on any atom is 0.433 e. The van der Waals surface area contributed by atoms with Gasteiger partial charge >= 0.3 is 12.1 Å². The zero-order valence-electron chi connectivity index (χ0n) is 12.2. The number of carboxylic acids is 1. The fourth-order valence-electron chi connectivity index (χ4n) is 2.00. The second-order valence-corrected chi connectivity index (χ2v) is 4.89. The molecule has 0 aliphatic carbocycles. The van der Waals surface area contributed by atoms with Gasteiger partial charge in [-0.25, -0.2) is 23.8 Å². The summed E-state index contributed by atoms with van der Waals surface area (Å²) in [6.45, 7) is 0. The number of hydrogen-bond acceptors (Lipinski definition) is 4. The molecular formula is C15H8F4N4O2. The van der Waals surface area contributed by atoms with Gasteiger partial charge in [0, 0.05) is 11.8 Å². The van der Waals surface area contributed by atoms with Crippen LogP contribution in [0.4, 0.5) is 17.6 Å². The number of aromatic carboxylic acids is 1. The van der Waals surface area contributed by atoms with E-state index in [0.29, 0.717) is 0 Å². The number of hydrogen-bond donors (Lipinski definition) is 1. The van der Waals surface area contributed by atoms with E-state index in [1.165, 1.54) is 12.1 Å². The molecule has 0 bridgehead atoms. The lowest BCUT2D eigenvalue weighted by Crippen LogP contribution is -2.13. The Labute approximate surface area is 137 Å². The zero-order chi connectivity index (χ0) is 18.2. The number of halogens is 4. The maximum absolute atomic E-state index is 13.1. The van der Waals surface area contributed by atoms with Crippen LogP contribution in [0.25, 0.3) is 17.2 Å². The van der Waals surface area contributed by atoms with E-state index >= 15 is 0 Å². The Morgan fingerprint density at radius 1 is 1.08 bits per heavy atom. The largest absolute Gasteiger partial charge is 0.476 e. The predicted octanol–water partition coefficient (Wildman–Crippen LogP) is 3.19. The molecule has 25 heavy (non-hydrogen) atoms. The number of benzene rings is 1. The van der Waals surface area contributed by atoms with Gasteiger partial charge in [0.15, 0.2) is 11.4 Å². The Bertz CT molecular complexity index is 935. The van der Waals surface area contributed by atoms with Gasteiger partial charge in [-0.1, -0.05) is 0 Å². The van der Waals surface area contributed by atoms with Gasteiger partial charge in [0.25, 0.3) is 5.95 Å². The molecule has 0 radical (unpaired) electrons. The standard InChI is InChI=1S/C15H8F4N4O2/c16-9-3-1-8(2-4-9)11-7-12(15(17,18)19)21-14(20-11)23-6-5-10(22-23)13(24)25/h1-7H,(H,24,25). The lowest BCUT2D eigenvalue weighted by atomic mass is 10.1. The average Bonchev–Trinajstić information content (AvgIpc) is 3.04. The van der Waals surface area contributed by atoms with Crippen LogP contribution >= 0.6 is 0 Å². The number of aromatic nitrogens is 4. The molecule has 0 saturated heterocycles. The smallest absolute Gasteiger partial charge is 0.433 e. The van der Waals surface area contributed by atoms with E-state index < -0.39 is 29.6 Å². The van der Waals surface area contributed by atoms with Crippen LogP contribution in [0.2, 0.25) is 0 Å². The van der Waals surface area contributed by atoms with Crippen molar-refractivity contribution < 1.29 is 27.5 Å². The van der Waals surface area contributed by atoms with Crippen molar-refractivity contribution in [3.05, 3.63) is 59.8 Å². The van der Waals surface area contributed by atoms with Crippen molar-refractivity contribution in [2.75, 3.05) is 0 Å². The summed E-state index contributed by atoms with van der Waals surface area (Å²) in [5, 5.41) is 12.5. The third-order valence-corrected chi connectivity index (χ3v) is 3.16. The van der Waals surface area contributed by atoms with Gasteiger partial charge < -0.3 is 5.11 Å². The number of alkyl halides is 3. The molecule has 0 unspecified atom stereocenters. The highest BCUT2D eigenvalue weighted by Gasteiger charge is 2.34. The van der Waals surface area contributed by atoms with E-state index in [4.69, 9.17) is 5.11 Å². The Hall–Kier alpha value is -3.30. The summed E-state index contributed by atoms with van der Waals surface area (Å²) < 4.78 is 53.1. The minimum atomic E-state index is -4.75. The fourth-order valence-corrected chi connectivity index (χ4v) is 2.00. The molecular weight excluding hydrogens is 344 g/mol. The van der Waals surface area contributed by atoms with Gasteiger partial charge in [-0.15, -0.1) is 0 Å². The predicted molar refractivity (Wildman–Crippen MR) is 76.5 cm³/mol. The molecule has 0 amide bonds. The molecule has 1 N–H and O–H groups in total. The van der Waals surface area contributed by atoms with Crippen molar-refractivity contribution in [3.8, 4) is 17.2 Å². The van der Waals surface area contributed by atoms with Crippen LogP contribution in [0, 0.1) is 5.82 Å². The van der Waals surface area contributed by atoms with E-state index in [2.05, 4.69) is 15.1 Å². The monoisotopic (exact) mass is 352 g/mol. The molecule has 0 saturated carbocycles. The van der Waals surface area contributed by atoms with E-state index in [1.54, 1.807) is 0 Å². The summed E-state index contributed by atoms with van der Waals surface area (Å²) in [7, 11) is 0. The van der Waals surface area contributed by atoms with Gasteiger partial charge in [-0.3, -0.25) is 0 Å². The van der Waals surface area contributed by atoms with Crippen molar-refractivity contribution in [1.82, 2.24) is 19.7 Å². The van der Waals surface area contributed by atoms with Crippen molar-refractivity contribution in [1.29, 1.82) is 0 Å². The Morgan fingerprint density at radius 2 is 1.76 bits per heavy atom. The second kappa shape index (κ2) is 5.96. The lowest BCUT2D eigenvalue weighted by Gasteiger charge is -2.10. The van der Waals surface area contributed by atoms with Crippen molar-refractivity contribution in [3.63, 3.8) is 0 Å². The maximum atomic E-state index is 13.1. The van der Waals surface area contributed by atoms with Crippen LogP contribution in [0.5, 0.6) is 0 Å². The third kappa shape index (κ3) is 3.47. The molecule has 0 fully saturated rings. The minimum absolute atomic E-state index is 0.107. The molecule has 3 rings (SSSR count). The van der Waals surface area contributed by atoms with Crippen molar-refractivity contribution in [2.45, 2.75) is 6.18 Å². The van der Waals surface area contributed by atoms with Crippen molar-refractivity contribution in [2.24, 2.45) is 0 Å². The third-order valence-electron chi connectivity index (χ3n) is 3.16. The Morgan fingerprint density at radius 3 is 2.32 bits per heavy atom. The molecule has 1 aromatic carbocycles. The van der Waals surface area contributed by atoms with Crippen LogP contribution < -0.4 is 0 Å². The second-order valence-electron chi connectivity index (χ2n) is 4.89. The first-order valence-electron chi connectivity index (χ1n) is 6.75. The fraction of sp³-hybridized carbons (Fsp3) is 0.0667. The van der Waals surface area contributed by atoms with Crippen LogP contribution in [0.3, 0.4) is 0 Å². The zero-order valence-corrected chi connectivity index (χ0v) is 12.2. The molecule has 2 heterocycles. The summed E-state index contributed by atoms with van der Waals surface area (Å²) in [6.07, 6.45) is -3.62. The number of rotatable bonds is 3. The van der Waals surface area contributed by atoms with Crippen molar-refractivity contribution >= 4 is 5.97 Å². The molecule has 0 aliphatic heterocycles. The van der Waals surface area contributed by atoms with Gasteiger partial charge in [-0.2, -0.15) is 18.3 Å². The van der Waals surface area contributed by atoms with Crippen LogP contribution in [0.1, 0.15) is 16.2 Å². The summed E-state index contributed by atoms with van der Waals surface area (Å²) in [4.78, 5) is 18.2. The molecule has 0 aliphatic rings. The number of carbonyl (C=O) groups is 1. The topological polar surface area (TPSA) is 80.9 Å². The first-order valence-corrected chi connectivity index (χ1v) is 6.75. The Balaban J connectivity index is 2.15. The molecule has 128 valence electrons. The lowest BCUT2D eigenvalue weighted by molar-refractivity contribution is -0.141. The summed E-state index contributed by atoms with van der Waals surface area (Å²) >= 11 is 0. The van der Waals surface area contributed by atoms with Crippen LogP contribution in [-0.2, 0) is 6.18 Å². The summed E-state index contributed by atoms with van der Waals surface area (Å²) in [5.41, 5.74) is -1.47. The van der Waals surface area contributed by atoms with Gasteiger partial charge in [0.1, 0.15) is 5.82 Å².